The predicted octanol–water partition coefficient (Wildman–Crippen LogP) is 0.0499. The third-order valence-corrected chi connectivity index (χ3v) is 2.03. The van der Waals surface area contributed by atoms with Crippen LogP contribution in [0, 0.1) is 0 Å². The van der Waals surface area contributed by atoms with Crippen LogP contribution >= 0.6 is 0 Å². The molecule has 0 amide bonds. The Morgan fingerprint density at radius 1 is 1.19 bits per heavy atom. The van der Waals surface area contributed by atoms with Crippen molar-refractivity contribution in [3.8, 4) is 0 Å². The van der Waals surface area contributed by atoms with Gasteiger partial charge < -0.3 is 15.3 Å². The zero-order valence-electron chi connectivity index (χ0n) is 8.25. The molecule has 0 aliphatic carbocycles. The van der Waals surface area contributed by atoms with E-state index in [4.69, 9.17) is 15.3 Å². The molecule has 0 spiro atoms. The summed E-state index contributed by atoms with van der Waals surface area (Å²) in [5.74, 6) is -2.22. The van der Waals surface area contributed by atoms with Crippen LogP contribution in [0.5, 0.6) is 0 Å². The van der Waals surface area contributed by atoms with E-state index in [2.05, 4.69) is 5.32 Å². The summed E-state index contributed by atoms with van der Waals surface area (Å²) in [4.78, 5) is 21.4. The molecular weight excluding hydrogens is 214 g/mol. The Balaban J connectivity index is 2.94. The summed E-state index contributed by atoms with van der Waals surface area (Å²) in [6, 6.07) is 4.36. The second kappa shape index (κ2) is 5.24. The molecule has 0 radical (unpaired) electrons. The fraction of sp³-hybridized carbons (Fsp3) is 0.200. The molecule has 0 heterocycles. The van der Waals surface area contributed by atoms with E-state index in [0.717, 1.165) is 0 Å². The zero-order valence-corrected chi connectivity index (χ0v) is 8.25. The van der Waals surface area contributed by atoms with Crippen molar-refractivity contribution >= 4 is 11.9 Å². The number of carboxylic acids is 2. The molecule has 1 aromatic rings. The van der Waals surface area contributed by atoms with E-state index in [0.29, 0.717) is 5.56 Å². The lowest BCUT2D eigenvalue weighted by Gasteiger charge is -2.12. The number of nitrogens with one attached hydrogen (secondary N) is 1. The number of aliphatic carboxylic acids is 1. The molecule has 6 nitrogen and oxygen atoms in total. The third kappa shape index (κ3) is 2.78. The van der Waals surface area contributed by atoms with E-state index in [1.54, 1.807) is 0 Å². The standard InChI is InChI=1S/C10H11NO5/c12-5-11-8(10(15)16)6-1-3-7(4-2-6)9(13)14/h1-4,8,11-12H,5H2,(H,13,14)(H,15,16). The van der Waals surface area contributed by atoms with E-state index in [1.165, 1.54) is 24.3 Å². The normalized spacial score (nSPS) is 12.1. The number of carbonyl (C=O) groups is 2. The number of hydrogen-bond donors (Lipinski definition) is 4. The molecule has 0 bridgehead atoms. The van der Waals surface area contributed by atoms with Crippen molar-refractivity contribution in [2.45, 2.75) is 6.04 Å². The largest absolute Gasteiger partial charge is 0.480 e. The maximum absolute atomic E-state index is 10.8. The summed E-state index contributed by atoms with van der Waals surface area (Å²) in [7, 11) is 0. The van der Waals surface area contributed by atoms with E-state index < -0.39 is 24.7 Å². The van der Waals surface area contributed by atoms with E-state index >= 15 is 0 Å². The molecule has 1 aromatic carbocycles. The van der Waals surface area contributed by atoms with Gasteiger partial charge in [-0.1, -0.05) is 12.1 Å². The summed E-state index contributed by atoms with van der Waals surface area (Å²) in [6.45, 7) is -0.475. The summed E-state index contributed by atoms with van der Waals surface area (Å²) in [5, 5.41) is 28.5. The number of aliphatic hydroxyl groups is 1. The number of benzene rings is 1. The Morgan fingerprint density at radius 2 is 1.75 bits per heavy atom. The molecule has 1 unspecified atom stereocenters. The second-order valence-corrected chi connectivity index (χ2v) is 3.06. The first-order chi connectivity index (χ1) is 7.56. The van der Waals surface area contributed by atoms with Crippen molar-refractivity contribution < 1.29 is 24.9 Å². The summed E-state index contributed by atoms with van der Waals surface area (Å²) < 4.78 is 0. The van der Waals surface area contributed by atoms with Gasteiger partial charge in [-0.25, -0.2) is 4.79 Å². The van der Waals surface area contributed by atoms with Gasteiger partial charge in [0.15, 0.2) is 0 Å². The van der Waals surface area contributed by atoms with Gasteiger partial charge in [0.2, 0.25) is 0 Å². The van der Waals surface area contributed by atoms with Crippen LogP contribution in [0.25, 0.3) is 0 Å². The van der Waals surface area contributed by atoms with Crippen LogP contribution in [0.3, 0.4) is 0 Å². The molecule has 4 N–H and O–H groups in total. The Kier molecular flexibility index (Phi) is 3.98. The molecule has 0 saturated carbocycles. The van der Waals surface area contributed by atoms with Gasteiger partial charge in [-0.2, -0.15) is 0 Å². The van der Waals surface area contributed by atoms with Gasteiger partial charge in [0.25, 0.3) is 0 Å². The molecule has 0 aliphatic rings. The molecule has 1 rings (SSSR count). The first-order valence-corrected chi connectivity index (χ1v) is 4.46. The number of aromatic carboxylic acids is 1. The van der Waals surface area contributed by atoms with Gasteiger partial charge in [-0.05, 0) is 17.7 Å². The maximum Gasteiger partial charge on any atom is 0.335 e. The Labute approximate surface area is 91.1 Å². The van der Waals surface area contributed by atoms with Gasteiger partial charge in [-0.3, -0.25) is 10.1 Å². The number of hydrogen-bond acceptors (Lipinski definition) is 4. The van der Waals surface area contributed by atoms with Crippen molar-refractivity contribution in [2.24, 2.45) is 0 Å². The van der Waals surface area contributed by atoms with Gasteiger partial charge in [0.1, 0.15) is 6.04 Å². The zero-order chi connectivity index (χ0) is 12.1. The van der Waals surface area contributed by atoms with Gasteiger partial charge in [-0.15, -0.1) is 0 Å². The summed E-state index contributed by atoms with van der Waals surface area (Å²) in [5.41, 5.74) is 0.462. The van der Waals surface area contributed by atoms with Crippen LogP contribution in [0.15, 0.2) is 24.3 Å². The van der Waals surface area contributed by atoms with E-state index in [1.807, 2.05) is 0 Å². The molecular formula is C10H11NO5. The molecule has 86 valence electrons. The minimum atomic E-state index is -1.14. The highest BCUT2D eigenvalue weighted by molar-refractivity contribution is 5.87. The average molecular weight is 225 g/mol. The minimum absolute atomic E-state index is 0.0805. The SMILES string of the molecule is O=C(O)c1ccc(C(NCO)C(=O)O)cc1. The average Bonchev–Trinajstić information content (AvgIpc) is 2.25. The summed E-state index contributed by atoms with van der Waals surface area (Å²) >= 11 is 0. The topological polar surface area (TPSA) is 107 Å². The summed E-state index contributed by atoms with van der Waals surface area (Å²) in [6.07, 6.45) is 0. The van der Waals surface area contributed by atoms with Crippen LogP contribution < -0.4 is 5.32 Å². The van der Waals surface area contributed by atoms with Crippen LogP contribution in [0.2, 0.25) is 0 Å². The Bertz CT molecular complexity index is 387. The Morgan fingerprint density at radius 3 is 2.12 bits per heavy atom. The smallest absolute Gasteiger partial charge is 0.335 e. The minimum Gasteiger partial charge on any atom is -0.480 e. The van der Waals surface area contributed by atoms with Gasteiger partial charge in [0, 0.05) is 0 Å². The number of aliphatic hydroxyl groups excluding tert-OH is 1. The highest BCUT2D eigenvalue weighted by atomic mass is 16.4. The maximum atomic E-state index is 10.8. The fourth-order valence-corrected chi connectivity index (χ4v) is 1.26. The molecule has 1 atom stereocenters. The quantitative estimate of drug-likeness (QED) is 0.527. The fourth-order valence-electron chi connectivity index (χ4n) is 1.26. The molecule has 0 saturated heterocycles. The van der Waals surface area contributed by atoms with Crippen LogP contribution in [-0.4, -0.2) is 34.0 Å². The van der Waals surface area contributed by atoms with Crippen LogP contribution in [0.4, 0.5) is 0 Å². The molecule has 0 aromatic heterocycles. The van der Waals surface area contributed by atoms with Crippen molar-refractivity contribution in [1.29, 1.82) is 0 Å². The van der Waals surface area contributed by atoms with Gasteiger partial charge in [0.05, 0.1) is 12.3 Å². The number of carboxylic acid groups (broad SMARTS) is 2. The monoisotopic (exact) mass is 225 g/mol. The van der Waals surface area contributed by atoms with E-state index in [-0.39, 0.29) is 5.56 Å². The molecule has 6 heteroatoms. The van der Waals surface area contributed by atoms with Crippen molar-refractivity contribution in [3.05, 3.63) is 35.4 Å². The van der Waals surface area contributed by atoms with Gasteiger partial charge >= 0.3 is 11.9 Å². The Hall–Kier alpha value is -1.92. The lowest BCUT2D eigenvalue weighted by molar-refractivity contribution is -0.140. The second-order valence-electron chi connectivity index (χ2n) is 3.06. The first kappa shape index (κ1) is 12.2. The first-order valence-electron chi connectivity index (χ1n) is 4.46. The van der Waals surface area contributed by atoms with Crippen LogP contribution in [0.1, 0.15) is 22.0 Å². The molecule has 0 fully saturated rings. The van der Waals surface area contributed by atoms with E-state index in [9.17, 15) is 9.59 Å². The molecule has 16 heavy (non-hydrogen) atoms. The number of rotatable bonds is 5. The van der Waals surface area contributed by atoms with Crippen molar-refractivity contribution in [1.82, 2.24) is 5.32 Å². The lowest BCUT2D eigenvalue weighted by atomic mass is 10.1. The van der Waals surface area contributed by atoms with Crippen LogP contribution in [-0.2, 0) is 4.79 Å². The van der Waals surface area contributed by atoms with Crippen molar-refractivity contribution in [3.63, 3.8) is 0 Å². The lowest BCUT2D eigenvalue weighted by Crippen LogP contribution is -2.29. The predicted molar refractivity (Wildman–Crippen MR) is 54.0 cm³/mol. The highest BCUT2D eigenvalue weighted by Gasteiger charge is 2.18. The van der Waals surface area contributed by atoms with Crippen molar-refractivity contribution in [2.75, 3.05) is 6.73 Å². The molecule has 0 aliphatic heterocycles. The third-order valence-electron chi connectivity index (χ3n) is 2.03. The highest BCUT2D eigenvalue weighted by Crippen LogP contribution is 2.14.